The van der Waals surface area contributed by atoms with Crippen molar-refractivity contribution in [2.45, 2.75) is 19.4 Å². The number of hydrogen-bond acceptors (Lipinski definition) is 7. The Morgan fingerprint density at radius 1 is 1.12 bits per heavy atom. The average Bonchev–Trinajstić information content (AvgIpc) is 2.68. The summed E-state index contributed by atoms with van der Waals surface area (Å²) in [6.07, 6.45) is 6.01. The topological polar surface area (TPSA) is 76.9 Å². The van der Waals surface area contributed by atoms with Gasteiger partial charge in [-0.1, -0.05) is 11.6 Å². The number of halogens is 1. The van der Waals surface area contributed by atoms with Crippen LogP contribution in [0.5, 0.6) is 5.75 Å². The number of rotatable bonds is 3. The van der Waals surface area contributed by atoms with Crippen molar-refractivity contribution in [1.29, 1.82) is 0 Å². The van der Waals surface area contributed by atoms with Gasteiger partial charge in [-0.2, -0.15) is 0 Å². The minimum absolute atomic E-state index is 0.0696. The molecule has 1 aliphatic rings. The zero-order valence-electron chi connectivity index (χ0n) is 14.4. The van der Waals surface area contributed by atoms with E-state index < -0.39 is 0 Å². The maximum atomic E-state index is 6.13. The Hall–Kier alpha value is -2.80. The molecule has 4 heterocycles. The average molecular weight is 369 g/mol. The molecular formula is C18H17ClN6O. The van der Waals surface area contributed by atoms with Gasteiger partial charge in [0.1, 0.15) is 16.7 Å². The van der Waals surface area contributed by atoms with E-state index in [0.717, 1.165) is 30.0 Å². The van der Waals surface area contributed by atoms with E-state index in [1.54, 1.807) is 31.6 Å². The molecule has 3 aromatic heterocycles. The van der Waals surface area contributed by atoms with Crippen molar-refractivity contribution in [2.75, 3.05) is 18.6 Å². The number of aromatic nitrogens is 5. The highest BCUT2D eigenvalue weighted by atomic mass is 35.5. The lowest BCUT2D eigenvalue weighted by molar-refractivity contribution is 0.414. The summed E-state index contributed by atoms with van der Waals surface area (Å²) in [5.41, 5.74) is 2.08. The highest BCUT2D eigenvalue weighted by molar-refractivity contribution is 6.29. The lowest BCUT2D eigenvalue weighted by Gasteiger charge is -2.35. The van der Waals surface area contributed by atoms with E-state index in [2.05, 4.69) is 36.7 Å². The van der Waals surface area contributed by atoms with E-state index in [4.69, 9.17) is 16.3 Å². The van der Waals surface area contributed by atoms with E-state index in [9.17, 15) is 0 Å². The van der Waals surface area contributed by atoms with Crippen LogP contribution in [0.15, 0.2) is 36.8 Å². The van der Waals surface area contributed by atoms with Gasteiger partial charge in [0.25, 0.3) is 0 Å². The molecule has 0 bridgehead atoms. The Morgan fingerprint density at radius 3 is 2.69 bits per heavy atom. The molecule has 1 aliphatic heterocycles. The summed E-state index contributed by atoms with van der Waals surface area (Å²) in [6, 6.07) is 5.43. The summed E-state index contributed by atoms with van der Waals surface area (Å²) < 4.78 is 5.31. The smallest absolute Gasteiger partial charge is 0.197 e. The van der Waals surface area contributed by atoms with Crippen molar-refractivity contribution >= 4 is 17.4 Å². The van der Waals surface area contributed by atoms with Crippen LogP contribution in [-0.2, 0) is 6.42 Å². The Kier molecular flexibility index (Phi) is 4.38. The van der Waals surface area contributed by atoms with Crippen LogP contribution < -0.4 is 9.64 Å². The quantitative estimate of drug-likeness (QED) is 0.657. The first-order valence-corrected chi connectivity index (χ1v) is 8.65. The lowest BCUT2D eigenvalue weighted by atomic mass is 9.99. The van der Waals surface area contributed by atoms with Crippen LogP contribution in [0, 0.1) is 0 Å². The van der Waals surface area contributed by atoms with Gasteiger partial charge in [0.05, 0.1) is 18.8 Å². The van der Waals surface area contributed by atoms with E-state index in [0.29, 0.717) is 22.6 Å². The van der Waals surface area contributed by atoms with Gasteiger partial charge in [-0.25, -0.2) is 24.9 Å². The van der Waals surface area contributed by atoms with Gasteiger partial charge < -0.3 is 9.64 Å². The van der Waals surface area contributed by atoms with E-state index >= 15 is 0 Å². The standard InChI is InChI=1S/C18H17ClN6O/c1-11-13-10-22-18(17-20-5-3-6-21-17)23-14(13)4-7-25(11)16-9-12(26-2)8-15(19)24-16/h3,5-6,8-11H,4,7H2,1-2H3. The maximum absolute atomic E-state index is 6.13. The first-order chi connectivity index (χ1) is 12.7. The normalized spacial score (nSPS) is 16.3. The first-order valence-electron chi connectivity index (χ1n) is 8.27. The molecule has 0 N–H and O–H groups in total. The lowest BCUT2D eigenvalue weighted by Crippen LogP contribution is -2.35. The van der Waals surface area contributed by atoms with Crippen LogP contribution in [0.4, 0.5) is 5.82 Å². The zero-order valence-corrected chi connectivity index (χ0v) is 15.2. The number of methoxy groups -OCH3 is 1. The predicted molar refractivity (Wildman–Crippen MR) is 98.3 cm³/mol. The Labute approximate surface area is 156 Å². The Balaban J connectivity index is 1.67. The third kappa shape index (κ3) is 3.06. The molecule has 0 saturated carbocycles. The molecule has 3 aromatic rings. The van der Waals surface area contributed by atoms with Crippen molar-refractivity contribution in [3.63, 3.8) is 0 Å². The molecule has 1 atom stereocenters. The van der Waals surface area contributed by atoms with Crippen LogP contribution in [0.2, 0.25) is 5.15 Å². The number of hydrogen-bond donors (Lipinski definition) is 0. The molecule has 8 heteroatoms. The molecule has 0 aliphatic carbocycles. The zero-order chi connectivity index (χ0) is 18.1. The number of fused-ring (bicyclic) bond motifs is 1. The Morgan fingerprint density at radius 2 is 1.92 bits per heavy atom. The van der Waals surface area contributed by atoms with Crippen molar-refractivity contribution in [3.8, 4) is 17.4 Å². The second-order valence-electron chi connectivity index (χ2n) is 5.98. The van der Waals surface area contributed by atoms with Crippen molar-refractivity contribution < 1.29 is 4.74 Å². The Bertz CT molecular complexity index is 936. The fourth-order valence-electron chi connectivity index (χ4n) is 3.12. The number of nitrogens with zero attached hydrogens (tertiary/aromatic N) is 6. The molecular weight excluding hydrogens is 352 g/mol. The van der Waals surface area contributed by atoms with Crippen LogP contribution in [0.1, 0.15) is 24.2 Å². The third-order valence-electron chi connectivity index (χ3n) is 4.46. The molecule has 0 spiro atoms. The molecule has 132 valence electrons. The van der Waals surface area contributed by atoms with E-state index in [-0.39, 0.29) is 6.04 Å². The molecule has 26 heavy (non-hydrogen) atoms. The van der Waals surface area contributed by atoms with Crippen LogP contribution >= 0.6 is 11.6 Å². The highest BCUT2D eigenvalue weighted by Crippen LogP contribution is 2.34. The number of anilines is 1. The number of pyridine rings is 1. The largest absolute Gasteiger partial charge is 0.497 e. The summed E-state index contributed by atoms with van der Waals surface area (Å²) in [6.45, 7) is 2.88. The first kappa shape index (κ1) is 16.7. The summed E-state index contributed by atoms with van der Waals surface area (Å²) in [5, 5.41) is 0.408. The SMILES string of the molecule is COc1cc(Cl)nc(N2CCc3nc(-c4ncccn4)ncc3C2C)c1. The predicted octanol–water partition coefficient (Wildman–Crippen LogP) is 3.11. The second kappa shape index (κ2) is 6.84. The molecule has 4 rings (SSSR count). The van der Waals surface area contributed by atoms with E-state index in [1.165, 1.54) is 0 Å². The fourth-order valence-corrected chi connectivity index (χ4v) is 3.32. The minimum Gasteiger partial charge on any atom is -0.497 e. The molecule has 0 fully saturated rings. The summed E-state index contributed by atoms with van der Waals surface area (Å²) in [7, 11) is 1.62. The van der Waals surface area contributed by atoms with Crippen LogP contribution in [0.3, 0.4) is 0 Å². The highest BCUT2D eigenvalue weighted by Gasteiger charge is 2.27. The van der Waals surface area contributed by atoms with Gasteiger partial charge in [-0.05, 0) is 13.0 Å². The molecule has 0 radical (unpaired) electrons. The van der Waals surface area contributed by atoms with Crippen molar-refractivity contribution in [1.82, 2.24) is 24.9 Å². The maximum Gasteiger partial charge on any atom is 0.197 e. The molecule has 0 amide bonds. The molecule has 1 unspecified atom stereocenters. The molecule has 0 saturated heterocycles. The van der Waals surface area contributed by atoms with Crippen LogP contribution in [-0.4, -0.2) is 38.6 Å². The summed E-state index contributed by atoms with van der Waals surface area (Å²) >= 11 is 6.13. The van der Waals surface area contributed by atoms with Gasteiger partial charge in [-0.15, -0.1) is 0 Å². The minimum atomic E-state index is 0.0696. The van der Waals surface area contributed by atoms with Gasteiger partial charge in [0, 0.05) is 49.3 Å². The van der Waals surface area contributed by atoms with Gasteiger partial charge in [-0.3, -0.25) is 0 Å². The second-order valence-corrected chi connectivity index (χ2v) is 6.36. The third-order valence-corrected chi connectivity index (χ3v) is 4.65. The number of ether oxygens (including phenoxy) is 1. The summed E-state index contributed by atoms with van der Waals surface area (Å²) in [5.74, 6) is 2.55. The van der Waals surface area contributed by atoms with Crippen molar-refractivity contribution in [3.05, 3.63) is 53.2 Å². The van der Waals surface area contributed by atoms with Crippen molar-refractivity contribution in [2.24, 2.45) is 0 Å². The molecule has 7 nitrogen and oxygen atoms in total. The molecule has 0 aromatic carbocycles. The fraction of sp³-hybridized carbons (Fsp3) is 0.278. The van der Waals surface area contributed by atoms with E-state index in [1.807, 2.05) is 12.3 Å². The van der Waals surface area contributed by atoms with Crippen LogP contribution in [0.25, 0.3) is 11.6 Å². The van der Waals surface area contributed by atoms with Gasteiger partial charge in [0.15, 0.2) is 11.6 Å². The summed E-state index contributed by atoms with van der Waals surface area (Å²) in [4.78, 5) is 24.2. The van der Waals surface area contributed by atoms with Gasteiger partial charge >= 0.3 is 0 Å². The van der Waals surface area contributed by atoms with Gasteiger partial charge in [0.2, 0.25) is 0 Å². The monoisotopic (exact) mass is 368 g/mol.